The number of carbonyl (C=O) groups excluding carboxylic acids is 1. The lowest BCUT2D eigenvalue weighted by Gasteiger charge is -2.12. The first kappa shape index (κ1) is 16.7. The van der Waals surface area contributed by atoms with E-state index in [1.54, 1.807) is 24.3 Å². The number of benzene rings is 3. The molecule has 0 aliphatic rings. The van der Waals surface area contributed by atoms with Crippen LogP contribution < -0.4 is 10.1 Å². The third-order valence-corrected chi connectivity index (χ3v) is 3.74. The Balaban J connectivity index is 1.78. The van der Waals surface area contributed by atoms with Crippen LogP contribution in [0.4, 0.5) is 8.78 Å². The standard InChI is InChI=1S/C19H15F2NO3/c20-19(21)25-17-8-4-3-7-14(17)11-22-18(24)15-9-12-5-1-2-6-13(12)10-16(15)23/h1-10,19,23H,11H2,(H,22,24). The van der Waals surface area contributed by atoms with E-state index in [0.29, 0.717) is 5.56 Å². The third kappa shape index (κ3) is 3.85. The van der Waals surface area contributed by atoms with E-state index in [1.807, 2.05) is 24.3 Å². The number of hydrogen-bond acceptors (Lipinski definition) is 3. The van der Waals surface area contributed by atoms with Gasteiger partial charge in [-0.25, -0.2) is 0 Å². The minimum atomic E-state index is -2.94. The van der Waals surface area contributed by atoms with Crippen LogP contribution in [-0.4, -0.2) is 17.6 Å². The number of aromatic hydroxyl groups is 1. The molecule has 0 unspecified atom stereocenters. The van der Waals surface area contributed by atoms with E-state index in [4.69, 9.17) is 0 Å². The van der Waals surface area contributed by atoms with E-state index < -0.39 is 12.5 Å². The second kappa shape index (κ2) is 7.17. The molecule has 0 spiro atoms. The Morgan fingerprint density at radius 1 is 1.04 bits per heavy atom. The number of hydrogen-bond donors (Lipinski definition) is 2. The molecule has 6 heteroatoms. The molecule has 25 heavy (non-hydrogen) atoms. The molecule has 0 saturated heterocycles. The Kier molecular flexibility index (Phi) is 4.79. The zero-order valence-corrected chi connectivity index (χ0v) is 13.1. The number of para-hydroxylation sites is 1. The van der Waals surface area contributed by atoms with Crippen molar-refractivity contribution in [3.63, 3.8) is 0 Å². The van der Waals surface area contributed by atoms with Crippen LogP contribution in [0.5, 0.6) is 11.5 Å². The summed E-state index contributed by atoms with van der Waals surface area (Å²) < 4.78 is 29.3. The Morgan fingerprint density at radius 2 is 1.68 bits per heavy atom. The zero-order valence-electron chi connectivity index (χ0n) is 13.1. The Bertz CT molecular complexity index is 912. The summed E-state index contributed by atoms with van der Waals surface area (Å²) in [5, 5.41) is 14.3. The minimum Gasteiger partial charge on any atom is -0.507 e. The second-order valence-electron chi connectivity index (χ2n) is 5.39. The molecule has 2 N–H and O–H groups in total. The number of alkyl halides is 2. The van der Waals surface area contributed by atoms with Gasteiger partial charge in [-0.2, -0.15) is 8.78 Å². The van der Waals surface area contributed by atoms with Crippen molar-refractivity contribution < 1.29 is 23.4 Å². The largest absolute Gasteiger partial charge is 0.507 e. The van der Waals surface area contributed by atoms with Crippen molar-refractivity contribution in [2.45, 2.75) is 13.2 Å². The van der Waals surface area contributed by atoms with Crippen molar-refractivity contribution >= 4 is 16.7 Å². The van der Waals surface area contributed by atoms with Crippen LogP contribution >= 0.6 is 0 Å². The minimum absolute atomic E-state index is 0.000494. The van der Waals surface area contributed by atoms with Gasteiger partial charge in [0.2, 0.25) is 0 Å². The number of ether oxygens (including phenoxy) is 1. The van der Waals surface area contributed by atoms with E-state index in [2.05, 4.69) is 10.1 Å². The quantitative estimate of drug-likeness (QED) is 0.734. The Morgan fingerprint density at radius 3 is 2.40 bits per heavy atom. The van der Waals surface area contributed by atoms with Crippen LogP contribution in [0.2, 0.25) is 0 Å². The number of rotatable bonds is 5. The van der Waals surface area contributed by atoms with Crippen molar-refractivity contribution in [3.8, 4) is 11.5 Å². The van der Waals surface area contributed by atoms with Crippen LogP contribution in [0.15, 0.2) is 60.7 Å². The van der Waals surface area contributed by atoms with Crippen LogP contribution in [0, 0.1) is 0 Å². The lowest BCUT2D eigenvalue weighted by atomic mass is 10.1. The number of carbonyl (C=O) groups is 1. The normalized spacial score (nSPS) is 10.8. The lowest BCUT2D eigenvalue weighted by molar-refractivity contribution is -0.0504. The molecule has 0 aromatic heterocycles. The van der Waals surface area contributed by atoms with Crippen molar-refractivity contribution in [2.75, 3.05) is 0 Å². The molecule has 3 aromatic rings. The predicted molar refractivity (Wildman–Crippen MR) is 89.9 cm³/mol. The van der Waals surface area contributed by atoms with Crippen LogP contribution in [0.3, 0.4) is 0 Å². The van der Waals surface area contributed by atoms with Crippen LogP contribution in [-0.2, 0) is 6.54 Å². The first-order valence-electron chi connectivity index (χ1n) is 7.57. The van der Waals surface area contributed by atoms with Crippen molar-refractivity contribution in [2.24, 2.45) is 0 Å². The molecule has 0 radical (unpaired) electrons. The molecular weight excluding hydrogens is 328 g/mol. The fourth-order valence-electron chi connectivity index (χ4n) is 2.54. The highest BCUT2D eigenvalue weighted by Crippen LogP contribution is 2.25. The molecule has 0 heterocycles. The Labute approximate surface area is 142 Å². The van der Waals surface area contributed by atoms with Gasteiger partial charge in [0.05, 0.1) is 5.56 Å². The second-order valence-corrected chi connectivity index (χ2v) is 5.39. The maximum atomic E-state index is 12.4. The third-order valence-electron chi connectivity index (χ3n) is 3.74. The van der Waals surface area contributed by atoms with E-state index in [-0.39, 0.29) is 23.6 Å². The zero-order chi connectivity index (χ0) is 17.8. The van der Waals surface area contributed by atoms with Crippen molar-refractivity contribution in [1.29, 1.82) is 0 Å². The Hall–Kier alpha value is -3.15. The lowest BCUT2D eigenvalue weighted by Crippen LogP contribution is -2.23. The maximum absolute atomic E-state index is 12.4. The summed E-state index contributed by atoms with van der Waals surface area (Å²) in [4.78, 5) is 12.4. The van der Waals surface area contributed by atoms with Crippen LogP contribution in [0.25, 0.3) is 10.8 Å². The van der Waals surface area contributed by atoms with Gasteiger partial charge in [0, 0.05) is 12.1 Å². The summed E-state index contributed by atoms with van der Waals surface area (Å²) in [5.41, 5.74) is 0.530. The first-order chi connectivity index (χ1) is 12.0. The number of amides is 1. The molecule has 0 saturated carbocycles. The smallest absolute Gasteiger partial charge is 0.387 e. The average molecular weight is 343 g/mol. The van der Waals surface area contributed by atoms with Gasteiger partial charge in [0.25, 0.3) is 5.91 Å². The van der Waals surface area contributed by atoms with E-state index in [0.717, 1.165) is 10.8 Å². The molecule has 0 bridgehead atoms. The number of fused-ring (bicyclic) bond motifs is 1. The molecule has 0 aliphatic carbocycles. The average Bonchev–Trinajstić information content (AvgIpc) is 2.59. The fraction of sp³-hybridized carbons (Fsp3) is 0.105. The molecule has 3 rings (SSSR count). The summed E-state index contributed by atoms with van der Waals surface area (Å²) in [6, 6.07) is 16.6. The topological polar surface area (TPSA) is 58.6 Å². The van der Waals surface area contributed by atoms with Gasteiger partial charge < -0.3 is 15.2 Å². The van der Waals surface area contributed by atoms with Gasteiger partial charge in [-0.05, 0) is 29.0 Å². The van der Waals surface area contributed by atoms with E-state index in [1.165, 1.54) is 12.1 Å². The number of phenols is 1. The van der Waals surface area contributed by atoms with Crippen molar-refractivity contribution in [3.05, 3.63) is 71.8 Å². The summed E-state index contributed by atoms with van der Waals surface area (Å²) in [6.45, 7) is -2.95. The number of nitrogens with one attached hydrogen (secondary N) is 1. The van der Waals surface area contributed by atoms with Gasteiger partial charge in [0.15, 0.2) is 0 Å². The van der Waals surface area contributed by atoms with Gasteiger partial charge in [-0.3, -0.25) is 4.79 Å². The van der Waals surface area contributed by atoms with Crippen LogP contribution in [0.1, 0.15) is 15.9 Å². The predicted octanol–water partition coefficient (Wildman–Crippen LogP) is 4.08. The van der Waals surface area contributed by atoms with Gasteiger partial charge in [-0.1, -0.05) is 42.5 Å². The van der Waals surface area contributed by atoms with E-state index in [9.17, 15) is 18.7 Å². The highest BCUT2D eigenvalue weighted by atomic mass is 19.3. The molecule has 128 valence electrons. The molecule has 0 fully saturated rings. The first-order valence-corrected chi connectivity index (χ1v) is 7.57. The molecule has 3 aromatic carbocycles. The monoisotopic (exact) mass is 343 g/mol. The summed E-state index contributed by atoms with van der Waals surface area (Å²) in [5.74, 6) is -0.649. The number of halogens is 2. The van der Waals surface area contributed by atoms with Crippen molar-refractivity contribution in [1.82, 2.24) is 5.32 Å². The summed E-state index contributed by atoms with van der Waals surface area (Å²) in [7, 11) is 0. The highest BCUT2D eigenvalue weighted by Gasteiger charge is 2.14. The van der Waals surface area contributed by atoms with Gasteiger partial charge in [-0.15, -0.1) is 0 Å². The van der Waals surface area contributed by atoms with E-state index >= 15 is 0 Å². The number of phenolic OH excluding ortho intramolecular Hbond substituents is 1. The molecule has 4 nitrogen and oxygen atoms in total. The van der Waals surface area contributed by atoms with Gasteiger partial charge in [0.1, 0.15) is 11.5 Å². The molecule has 0 aliphatic heterocycles. The molecule has 0 atom stereocenters. The molecular formula is C19H15F2NO3. The summed E-state index contributed by atoms with van der Waals surface area (Å²) >= 11 is 0. The molecule has 1 amide bonds. The highest BCUT2D eigenvalue weighted by molar-refractivity contribution is 6.01. The maximum Gasteiger partial charge on any atom is 0.387 e. The fourth-order valence-corrected chi connectivity index (χ4v) is 2.54. The van der Waals surface area contributed by atoms with Gasteiger partial charge >= 0.3 is 6.61 Å². The summed E-state index contributed by atoms with van der Waals surface area (Å²) in [6.07, 6.45) is 0. The SMILES string of the molecule is O=C(NCc1ccccc1OC(F)F)c1cc2ccccc2cc1O.